The fourth-order valence-electron chi connectivity index (χ4n) is 3.33. The zero-order valence-electron chi connectivity index (χ0n) is 15.2. The Labute approximate surface area is 153 Å². The van der Waals surface area contributed by atoms with Crippen LogP contribution < -0.4 is 10.2 Å². The molecular weight excluding hydrogens is 322 g/mol. The second-order valence-corrected chi connectivity index (χ2v) is 6.81. The molecule has 1 amide bonds. The molecule has 130 valence electrons. The van der Waals surface area contributed by atoms with Crippen molar-refractivity contribution < 1.29 is 4.79 Å². The van der Waals surface area contributed by atoms with E-state index in [0.29, 0.717) is 5.56 Å². The van der Waals surface area contributed by atoms with Crippen molar-refractivity contribution >= 4 is 17.3 Å². The summed E-state index contributed by atoms with van der Waals surface area (Å²) in [5, 5.41) is 3.54. The van der Waals surface area contributed by atoms with Crippen molar-refractivity contribution in [2.24, 2.45) is 0 Å². The molecule has 2 heterocycles. The Balaban J connectivity index is 1.80. The topological polar surface area (TPSA) is 45.2 Å². The zero-order chi connectivity index (χ0) is 18.3. The van der Waals surface area contributed by atoms with Gasteiger partial charge in [0.2, 0.25) is 0 Å². The van der Waals surface area contributed by atoms with Gasteiger partial charge in [-0.15, -0.1) is 0 Å². The van der Waals surface area contributed by atoms with Crippen LogP contribution in [0.5, 0.6) is 0 Å². The normalized spacial score (nSPS) is 15.9. The predicted octanol–water partition coefficient (Wildman–Crippen LogP) is 4.78. The molecule has 1 aromatic heterocycles. The van der Waals surface area contributed by atoms with Gasteiger partial charge in [0.1, 0.15) is 0 Å². The van der Waals surface area contributed by atoms with Gasteiger partial charge in [-0.25, -0.2) is 0 Å². The molecule has 4 heteroatoms. The molecule has 3 aromatic rings. The van der Waals surface area contributed by atoms with Crippen molar-refractivity contribution in [1.82, 2.24) is 4.98 Å². The first-order chi connectivity index (χ1) is 12.5. The Bertz CT molecular complexity index is 979. The van der Waals surface area contributed by atoms with E-state index in [1.165, 1.54) is 5.56 Å². The number of anilines is 2. The molecule has 0 saturated heterocycles. The number of nitrogens with zero attached hydrogens (tertiary/aromatic N) is 2. The summed E-state index contributed by atoms with van der Waals surface area (Å²) in [7, 11) is 0. The van der Waals surface area contributed by atoms with Crippen molar-refractivity contribution in [3.8, 4) is 0 Å². The molecule has 0 spiro atoms. The SMILES string of the molecule is Cc1ccc(N2C(=O)c3cccnc3C2Nc2cc(C)ccc2C)cc1. The van der Waals surface area contributed by atoms with E-state index in [9.17, 15) is 4.79 Å². The third-order valence-electron chi connectivity index (χ3n) is 4.80. The number of rotatable bonds is 3. The van der Waals surface area contributed by atoms with Crippen LogP contribution in [0.3, 0.4) is 0 Å². The van der Waals surface area contributed by atoms with Gasteiger partial charge in [-0.05, 0) is 62.2 Å². The van der Waals surface area contributed by atoms with Gasteiger partial charge in [0.15, 0.2) is 6.17 Å². The van der Waals surface area contributed by atoms with Crippen LogP contribution in [-0.2, 0) is 0 Å². The van der Waals surface area contributed by atoms with Crippen LogP contribution in [0, 0.1) is 20.8 Å². The molecule has 1 aliphatic rings. The van der Waals surface area contributed by atoms with Gasteiger partial charge in [0.05, 0.1) is 11.3 Å². The number of hydrogen-bond donors (Lipinski definition) is 1. The highest BCUT2D eigenvalue weighted by molar-refractivity contribution is 6.11. The highest BCUT2D eigenvalue weighted by Gasteiger charge is 2.39. The van der Waals surface area contributed by atoms with Crippen molar-refractivity contribution in [2.75, 3.05) is 10.2 Å². The second-order valence-electron chi connectivity index (χ2n) is 6.81. The van der Waals surface area contributed by atoms with Gasteiger partial charge >= 0.3 is 0 Å². The molecular formula is C22H21N3O. The third-order valence-corrected chi connectivity index (χ3v) is 4.80. The molecule has 1 aliphatic heterocycles. The minimum absolute atomic E-state index is 0.0280. The molecule has 2 aromatic carbocycles. The number of aryl methyl sites for hydroxylation is 3. The van der Waals surface area contributed by atoms with E-state index >= 15 is 0 Å². The molecule has 0 saturated carbocycles. The number of fused-ring (bicyclic) bond motifs is 1. The lowest BCUT2D eigenvalue weighted by Crippen LogP contribution is -2.32. The van der Waals surface area contributed by atoms with Crippen molar-refractivity contribution in [1.29, 1.82) is 0 Å². The van der Waals surface area contributed by atoms with Gasteiger partial charge in [-0.3, -0.25) is 14.7 Å². The van der Waals surface area contributed by atoms with Crippen LogP contribution in [0.25, 0.3) is 0 Å². The van der Waals surface area contributed by atoms with E-state index in [1.54, 1.807) is 11.1 Å². The summed E-state index contributed by atoms with van der Waals surface area (Å²) in [5.74, 6) is -0.0280. The quantitative estimate of drug-likeness (QED) is 0.744. The minimum atomic E-state index is -0.332. The molecule has 1 N–H and O–H groups in total. The average Bonchev–Trinajstić information content (AvgIpc) is 2.92. The summed E-state index contributed by atoms with van der Waals surface area (Å²) in [6.45, 7) is 6.17. The van der Waals surface area contributed by atoms with E-state index < -0.39 is 0 Å². The largest absolute Gasteiger partial charge is 0.360 e. The maximum Gasteiger partial charge on any atom is 0.262 e. The van der Waals surface area contributed by atoms with Gasteiger partial charge < -0.3 is 5.32 Å². The molecule has 1 atom stereocenters. The minimum Gasteiger partial charge on any atom is -0.360 e. The first kappa shape index (κ1) is 16.3. The van der Waals surface area contributed by atoms with Gasteiger partial charge in [0.25, 0.3) is 5.91 Å². The summed E-state index contributed by atoms with van der Waals surface area (Å²) in [5.41, 5.74) is 6.76. The highest BCUT2D eigenvalue weighted by Crippen LogP contribution is 2.37. The van der Waals surface area contributed by atoms with Crippen LogP contribution in [-0.4, -0.2) is 10.9 Å². The van der Waals surface area contributed by atoms with Crippen molar-refractivity contribution in [3.63, 3.8) is 0 Å². The van der Waals surface area contributed by atoms with Gasteiger partial charge in [-0.2, -0.15) is 0 Å². The fraction of sp³-hybridized carbons (Fsp3) is 0.182. The number of aromatic nitrogens is 1. The standard InChI is InChI=1S/C22H21N3O/c1-14-7-10-17(11-8-14)25-21(20-18(22(25)26)5-4-12-23-20)24-19-13-15(2)6-9-16(19)3/h4-13,21,24H,1-3H3. The lowest BCUT2D eigenvalue weighted by atomic mass is 10.1. The predicted molar refractivity (Wildman–Crippen MR) is 105 cm³/mol. The van der Waals surface area contributed by atoms with Crippen LogP contribution in [0.4, 0.5) is 11.4 Å². The van der Waals surface area contributed by atoms with E-state index in [2.05, 4.69) is 42.3 Å². The van der Waals surface area contributed by atoms with Crippen LogP contribution >= 0.6 is 0 Å². The third kappa shape index (κ3) is 2.73. The van der Waals surface area contributed by atoms with E-state index in [4.69, 9.17) is 0 Å². The summed E-state index contributed by atoms with van der Waals surface area (Å²) in [6.07, 6.45) is 1.41. The first-order valence-electron chi connectivity index (χ1n) is 8.73. The second kappa shape index (κ2) is 6.30. The Morgan fingerprint density at radius 2 is 1.69 bits per heavy atom. The smallest absolute Gasteiger partial charge is 0.262 e. The number of amides is 1. The van der Waals surface area contributed by atoms with Crippen LogP contribution in [0.1, 0.15) is 38.9 Å². The maximum atomic E-state index is 13.1. The molecule has 0 aliphatic carbocycles. The Kier molecular flexibility index (Phi) is 3.96. The summed E-state index contributed by atoms with van der Waals surface area (Å²) < 4.78 is 0. The zero-order valence-corrected chi connectivity index (χ0v) is 15.2. The number of carbonyl (C=O) groups is 1. The lowest BCUT2D eigenvalue weighted by Gasteiger charge is -2.27. The lowest BCUT2D eigenvalue weighted by molar-refractivity contribution is 0.0993. The fourth-order valence-corrected chi connectivity index (χ4v) is 3.33. The Morgan fingerprint density at radius 3 is 2.46 bits per heavy atom. The number of benzene rings is 2. The number of carbonyl (C=O) groups excluding carboxylic acids is 1. The highest BCUT2D eigenvalue weighted by atomic mass is 16.2. The van der Waals surface area contributed by atoms with Gasteiger partial charge in [-0.1, -0.05) is 29.8 Å². The molecule has 0 bridgehead atoms. The molecule has 4 nitrogen and oxygen atoms in total. The molecule has 26 heavy (non-hydrogen) atoms. The van der Waals surface area contributed by atoms with Crippen LogP contribution in [0.2, 0.25) is 0 Å². The van der Waals surface area contributed by atoms with E-state index in [0.717, 1.165) is 28.2 Å². The number of hydrogen-bond acceptors (Lipinski definition) is 3. The van der Waals surface area contributed by atoms with Crippen LogP contribution in [0.15, 0.2) is 60.8 Å². The Hall–Kier alpha value is -3.14. The maximum absolute atomic E-state index is 13.1. The summed E-state index contributed by atoms with van der Waals surface area (Å²) >= 11 is 0. The van der Waals surface area contributed by atoms with E-state index in [1.807, 2.05) is 43.3 Å². The molecule has 0 fully saturated rings. The van der Waals surface area contributed by atoms with Crippen molar-refractivity contribution in [2.45, 2.75) is 26.9 Å². The van der Waals surface area contributed by atoms with Crippen molar-refractivity contribution in [3.05, 3.63) is 88.7 Å². The molecule has 0 radical (unpaired) electrons. The summed E-state index contributed by atoms with van der Waals surface area (Å²) in [6, 6.07) is 17.9. The summed E-state index contributed by atoms with van der Waals surface area (Å²) in [4.78, 5) is 19.4. The number of pyridine rings is 1. The molecule has 1 unspecified atom stereocenters. The van der Waals surface area contributed by atoms with E-state index in [-0.39, 0.29) is 12.1 Å². The Morgan fingerprint density at radius 1 is 0.962 bits per heavy atom. The molecule has 4 rings (SSSR count). The average molecular weight is 343 g/mol. The monoisotopic (exact) mass is 343 g/mol. The van der Waals surface area contributed by atoms with Gasteiger partial charge in [0, 0.05) is 17.6 Å². The first-order valence-corrected chi connectivity index (χ1v) is 8.73. The number of nitrogens with one attached hydrogen (secondary N) is 1.